The van der Waals surface area contributed by atoms with Gasteiger partial charge in [0.25, 0.3) is 17.4 Å². The second-order valence-electron chi connectivity index (χ2n) is 5.74. The first kappa shape index (κ1) is 15.0. The van der Waals surface area contributed by atoms with Crippen LogP contribution in [0.25, 0.3) is 10.8 Å². The predicted octanol–water partition coefficient (Wildman–Crippen LogP) is 1.94. The molecule has 6 heteroatoms. The fourth-order valence-electron chi connectivity index (χ4n) is 2.96. The first-order valence-electron chi connectivity index (χ1n) is 7.75. The van der Waals surface area contributed by atoms with Gasteiger partial charge in [0.2, 0.25) is 0 Å². The number of carbonyl (C=O) groups excluding carboxylic acids is 2. The van der Waals surface area contributed by atoms with E-state index in [4.69, 9.17) is 0 Å². The molecule has 0 unspecified atom stereocenters. The summed E-state index contributed by atoms with van der Waals surface area (Å²) >= 11 is 0. The molecule has 0 atom stereocenters. The van der Waals surface area contributed by atoms with E-state index in [9.17, 15) is 14.4 Å². The third-order valence-corrected chi connectivity index (χ3v) is 4.12. The van der Waals surface area contributed by atoms with Gasteiger partial charge in [0.15, 0.2) is 0 Å². The molecule has 0 bridgehead atoms. The van der Waals surface area contributed by atoms with Crippen molar-refractivity contribution in [1.29, 1.82) is 0 Å². The summed E-state index contributed by atoms with van der Waals surface area (Å²) in [4.78, 5) is 36.7. The Morgan fingerprint density at radius 1 is 0.880 bits per heavy atom. The average molecular weight is 331 g/mol. The van der Waals surface area contributed by atoms with E-state index in [1.54, 1.807) is 30.3 Å². The van der Waals surface area contributed by atoms with Crippen molar-refractivity contribution in [3.8, 4) is 0 Å². The minimum Gasteiger partial charge on any atom is -0.269 e. The van der Waals surface area contributed by atoms with Crippen LogP contribution in [0.15, 0.2) is 65.5 Å². The van der Waals surface area contributed by atoms with Crippen LogP contribution in [-0.2, 0) is 16.0 Å². The number of anilines is 1. The van der Waals surface area contributed by atoms with E-state index in [1.165, 1.54) is 12.2 Å². The molecular weight excluding hydrogens is 318 g/mol. The number of benzene rings is 2. The number of hydrogen-bond acceptors (Lipinski definition) is 4. The Hall–Kier alpha value is -3.54. The Labute approximate surface area is 142 Å². The van der Waals surface area contributed by atoms with E-state index in [0.29, 0.717) is 17.5 Å². The second kappa shape index (κ2) is 5.83. The van der Waals surface area contributed by atoms with Crippen molar-refractivity contribution in [2.24, 2.45) is 0 Å². The largest absolute Gasteiger partial charge is 0.272 e. The van der Waals surface area contributed by atoms with E-state index in [-0.39, 0.29) is 17.4 Å². The Balaban J connectivity index is 1.72. The maximum Gasteiger partial charge on any atom is 0.272 e. The van der Waals surface area contributed by atoms with Gasteiger partial charge in [-0.25, -0.2) is 10.00 Å². The predicted molar refractivity (Wildman–Crippen MR) is 93.2 cm³/mol. The summed E-state index contributed by atoms with van der Waals surface area (Å²) in [5, 5.41) is 8.04. The highest BCUT2D eigenvalue weighted by molar-refractivity contribution is 6.28. The number of nitrogens with zero attached hydrogens (tertiary/aromatic N) is 2. The van der Waals surface area contributed by atoms with E-state index >= 15 is 0 Å². The third-order valence-electron chi connectivity index (χ3n) is 4.12. The standard InChI is InChI=1S/C19H13N3O3/c23-17-8-9-18(24)22(17)13-5-3-4-12(10-13)11-16-14-6-1-2-7-15(14)19(25)21-20-16/h1-10H,11H2,(H,21,25). The van der Waals surface area contributed by atoms with E-state index in [1.807, 2.05) is 18.2 Å². The topological polar surface area (TPSA) is 83.1 Å². The molecule has 122 valence electrons. The molecule has 1 N–H and O–H groups in total. The van der Waals surface area contributed by atoms with Crippen LogP contribution in [0.4, 0.5) is 5.69 Å². The minimum atomic E-state index is -0.352. The van der Waals surface area contributed by atoms with Crippen molar-refractivity contribution in [1.82, 2.24) is 10.2 Å². The lowest BCUT2D eigenvalue weighted by Crippen LogP contribution is -2.29. The molecule has 2 aromatic carbocycles. The van der Waals surface area contributed by atoms with E-state index < -0.39 is 0 Å². The number of rotatable bonds is 3. The lowest BCUT2D eigenvalue weighted by molar-refractivity contribution is -0.119. The number of aromatic amines is 1. The zero-order valence-electron chi connectivity index (χ0n) is 13.1. The summed E-state index contributed by atoms with van der Waals surface area (Å²) in [6.45, 7) is 0. The van der Waals surface area contributed by atoms with Crippen molar-refractivity contribution in [2.45, 2.75) is 6.42 Å². The van der Waals surface area contributed by atoms with Gasteiger partial charge in [0, 0.05) is 24.0 Å². The highest BCUT2D eigenvalue weighted by atomic mass is 16.2. The zero-order valence-corrected chi connectivity index (χ0v) is 13.1. The average Bonchev–Trinajstić information content (AvgIpc) is 2.96. The van der Waals surface area contributed by atoms with Crippen molar-refractivity contribution < 1.29 is 9.59 Å². The SMILES string of the molecule is O=C1C=CC(=O)N1c1cccc(Cc2n[nH]c(=O)c3ccccc23)c1. The summed E-state index contributed by atoms with van der Waals surface area (Å²) in [5.74, 6) is -0.704. The van der Waals surface area contributed by atoms with E-state index in [2.05, 4.69) is 10.2 Å². The van der Waals surface area contributed by atoms with Gasteiger partial charge in [0.05, 0.1) is 16.8 Å². The molecule has 1 aromatic heterocycles. The van der Waals surface area contributed by atoms with Crippen LogP contribution in [0.3, 0.4) is 0 Å². The van der Waals surface area contributed by atoms with Gasteiger partial charge in [0.1, 0.15) is 0 Å². The zero-order chi connectivity index (χ0) is 17.4. The van der Waals surface area contributed by atoms with Crippen LogP contribution >= 0.6 is 0 Å². The summed E-state index contributed by atoms with van der Waals surface area (Å²) in [7, 11) is 0. The first-order valence-corrected chi connectivity index (χ1v) is 7.75. The molecule has 1 aliphatic rings. The van der Waals surface area contributed by atoms with Crippen LogP contribution in [0.1, 0.15) is 11.3 Å². The van der Waals surface area contributed by atoms with Crippen molar-refractivity contribution >= 4 is 28.3 Å². The van der Waals surface area contributed by atoms with Crippen molar-refractivity contribution in [3.05, 3.63) is 82.3 Å². The number of carbonyl (C=O) groups is 2. The molecule has 6 nitrogen and oxygen atoms in total. The Morgan fingerprint density at radius 2 is 1.60 bits per heavy atom. The minimum absolute atomic E-state index is 0.229. The number of aromatic nitrogens is 2. The smallest absolute Gasteiger partial charge is 0.269 e. The lowest BCUT2D eigenvalue weighted by atomic mass is 10.0. The normalized spacial score (nSPS) is 13.8. The molecule has 2 heterocycles. The Morgan fingerprint density at radius 3 is 2.36 bits per heavy atom. The van der Waals surface area contributed by atoms with Crippen LogP contribution in [-0.4, -0.2) is 22.0 Å². The molecule has 0 radical (unpaired) electrons. The molecule has 0 aliphatic carbocycles. The summed E-state index contributed by atoms with van der Waals surface area (Å²) in [6, 6.07) is 14.4. The number of fused-ring (bicyclic) bond motifs is 1. The quantitative estimate of drug-likeness (QED) is 0.744. The van der Waals surface area contributed by atoms with Gasteiger partial charge in [-0.15, -0.1) is 0 Å². The van der Waals surface area contributed by atoms with Gasteiger partial charge < -0.3 is 0 Å². The number of hydrogen-bond donors (Lipinski definition) is 1. The van der Waals surface area contributed by atoms with E-state index in [0.717, 1.165) is 21.5 Å². The molecule has 0 fully saturated rings. The Kier molecular flexibility index (Phi) is 3.50. The van der Waals surface area contributed by atoms with Crippen LogP contribution < -0.4 is 10.5 Å². The van der Waals surface area contributed by atoms with Gasteiger partial charge >= 0.3 is 0 Å². The summed E-state index contributed by atoms with van der Waals surface area (Å²) in [5.41, 5.74) is 1.90. The molecule has 0 saturated carbocycles. The molecular formula is C19H13N3O3. The monoisotopic (exact) mass is 331 g/mol. The maximum absolute atomic E-state index is 11.9. The molecule has 1 aliphatic heterocycles. The second-order valence-corrected chi connectivity index (χ2v) is 5.74. The van der Waals surface area contributed by atoms with Gasteiger partial charge in [-0.3, -0.25) is 14.4 Å². The van der Waals surface area contributed by atoms with Gasteiger partial charge in [-0.1, -0.05) is 30.3 Å². The molecule has 2 amide bonds. The summed E-state index contributed by atoms with van der Waals surface area (Å²) in [6.07, 6.45) is 2.98. The highest BCUT2D eigenvalue weighted by Crippen LogP contribution is 2.23. The van der Waals surface area contributed by atoms with Crippen molar-refractivity contribution in [2.75, 3.05) is 4.90 Å². The highest BCUT2D eigenvalue weighted by Gasteiger charge is 2.25. The van der Waals surface area contributed by atoms with Gasteiger partial charge in [-0.05, 0) is 23.8 Å². The number of imide groups is 1. The first-order chi connectivity index (χ1) is 12.1. The van der Waals surface area contributed by atoms with Gasteiger partial charge in [-0.2, -0.15) is 5.10 Å². The molecule has 0 saturated heterocycles. The molecule has 0 spiro atoms. The number of amides is 2. The van der Waals surface area contributed by atoms with Crippen molar-refractivity contribution in [3.63, 3.8) is 0 Å². The number of nitrogens with one attached hydrogen (secondary N) is 1. The Bertz CT molecular complexity index is 1080. The number of H-pyrrole nitrogens is 1. The molecule has 4 rings (SSSR count). The lowest BCUT2D eigenvalue weighted by Gasteiger charge is -2.15. The summed E-state index contributed by atoms with van der Waals surface area (Å²) < 4.78 is 0. The molecule has 3 aromatic rings. The third kappa shape index (κ3) is 2.63. The van der Waals surface area contributed by atoms with Crippen LogP contribution in [0.2, 0.25) is 0 Å². The van der Waals surface area contributed by atoms with Crippen LogP contribution in [0.5, 0.6) is 0 Å². The fourth-order valence-corrected chi connectivity index (χ4v) is 2.96. The van der Waals surface area contributed by atoms with Crippen LogP contribution in [0, 0.1) is 0 Å². The maximum atomic E-state index is 11.9. The molecule has 25 heavy (non-hydrogen) atoms. The fraction of sp³-hybridized carbons (Fsp3) is 0.0526.